The summed E-state index contributed by atoms with van der Waals surface area (Å²) >= 11 is 0. The average molecular weight is 458 g/mol. The fourth-order valence-electron chi connectivity index (χ4n) is 4.71. The smallest absolute Gasteiger partial charge is 0.411 e. The van der Waals surface area contributed by atoms with E-state index in [0.717, 1.165) is 63.7 Å². The lowest BCUT2D eigenvalue weighted by Gasteiger charge is -2.28. The van der Waals surface area contributed by atoms with Crippen molar-refractivity contribution in [3.63, 3.8) is 0 Å². The van der Waals surface area contributed by atoms with Crippen molar-refractivity contribution in [2.45, 2.75) is 57.0 Å². The van der Waals surface area contributed by atoms with Crippen LogP contribution >= 0.6 is 0 Å². The lowest BCUT2D eigenvalue weighted by atomic mass is 9.91. The van der Waals surface area contributed by atoms with E-state index in [1.54, 1.807) is 12.1 Å². The summed E-state index contributed by atoms with van der Waals surface area (Å²) in [5, 5.41) is 5.86. The predicted molar refractivity (Wildman–Crippen MR) is 126 cm³/mol. The molecular weight excluding hydrogens is 422 g/mol. The van der Waals surface area contributed by atoms with Crippen molar-refractivity contribution in [1.82, 2.24) is 10.2 Å². The fraction of sp³-hybridized carbons (Fsp3) is 0.625. The van der Waals surface area contributed by atoms with Gasteiger partial charge < -0.3 is 25.6 Å². The number of methoxy groups -OCH3 is 1. The van der Waals surface area contributed by atoms with Gasteiger partial charge in [0.1, 0.15) is 0 Å². The van der Waals surface area contributed by atoms with Crippen molar-refractivity contribution in [1.29, 1.82) is 0 Å². The number of hydrogen-bond donors (Lipinski definition) is 3. The summed E-state index contributed by atoms with van der Waals surface area (Å²) in [6.07, 6.45) is 5.84. The highest BCUT2D eigenvalue weighted by atomic mass is 16.5. The number of nitrogens with one attached hydrogen (secondary N) is 2. The standard InChI is InChI=1S/C24H35N5O4/c1-33-24(32)27-20-15-17(22(30)26-19-8-6-18(25)7-9-19)5-10-21(20)28-11-2-12-29(14-13-28)23(31)16-3-4-16/h5,10,15-16,18-19H,2-4,6-9,11-14,25H2,1H3,(H,26,30)(H,27,32). The minimum Gasteiger partial charge on any atom is -0.453 e. The van der Waals surface area contributed by atoms with E-state index in [1.165, 1.54) is 7.11 Å². The Morgan fingerprint density at radius 3 is 2.45 bits per heavy atom. The minimum absolute atomic E-state index is 0.120. The fourth-order valence-corrected chi connectivity index (χ4v) is 4.71. The van der Waals surface area contributed by atoms with Crippen molar-refractivity contribution < 1.29 is 19.1 Å². The highest BCUT2D eigenvalue weighted by Crippen LogP contribution is 2.32. The van der Waals surface area contributed by atoms with Crippen LogP contribution in [0.1, 0.15) is 55.3 Å². The summed E-state index contributed by atoms with van der Waals surface area (Å²) in [6, 6.07) is 5.70. The maximum absolute atomic E-state index is 12.9. The molecule has 1 aromatic rings. The molecule has 3 fully saturated rings. The molecule has 1 heterocycles. The van der Waals surface area contributed by atoms with Gasteiger partial charge in [-0.25, -0.2) is 4.79 Å². The Labute approximate surface area is 195 Å². The molecule has 9 heteroatoms. The number of hydrogen-bond acceptors (Lipinski definition) is 6. The average Bonchev–Trinajstić information content (AvgIpc) is 3.67. The SMILES string of the molecule is COC(=O)Nc1cc(C(=O)NC2CCC(N)CC2)ccc1N1CCCN(C(=O)C2CC2)CC1. The van der Waals surface area contributed by atoms with Gasteiger partial charge in [-0.2, -0.15) is 0 Å². The third kappa shape index (κ3) is 5.96. The molecule has 0 unspecified atom stereocenters. The molecular formula is C24H35N5O4. The molecule has 0 aromatic heterocycles. The summed E-state index contributed by atoms with van der Waals surface area (Å²) in [5.74, 6) is 0.318. The van der Waals surface area contributed by atoms with Crippen LogP contribution in [-0.2, 0) is 9.53 Å². The van der Waals surface area contributed by atoms with Crippen LogP contribution in [0.5, 0.6) is 0 Å². The predicted octanol–water partition coefficient (Wildman–Crippen LogP) is 2.31. The van der Waals surface area contributed by atoms with Crippen LogP contribution in [0.15, 0.2) is 18.2 Å². The van der Waals surface area contributed by atoms with Crippen LogP contribution in [0.3, 0.4) is 0 Å². The van der Waals surface area contributed by atoms with Crippen molar-refractivity contribution in [3.05, 3.63) is 23.8 Å². The van der Waals surface area contributed by atoms with Gasteiger partial charge in [0.25, 0.3) is 5.91 Å². The van der Waals surface area contributed by atoms with Crippen molar-refractivity contribution in [2.24, 2.45) is 11.7 Å². The van der Waals surface area contributed by atoms with E-state index in [1.807, 2.05) is 11.0 Å². The van der Waals surface area contributed by atoms with Crippen molar-refractivity contribution >= 4 is 29.3 Å². The first kappa shape index (κ1) is 23.4. The maximum atomic E-state index is 12.9. The summed E-state index contributed by atoms with van der Waals surface area (Å²) in [4.78, 5) is 41.5. The first-order chi connectivity index (χ1) is 15.9. The molecule has 3 amide bonds. The van der Waals surface area contributed by atoms with E-state index in [2.05, 4.69) is 15.5 Å². The van der Waals surface area contributed by atoms with Gasteiger partial charge in [0.05, 0.1) is 18.5 Å². The molecule has 1 aromatic carbocycles. The van der Waals surface area contributed by atoms with E-state index in [-0.39, 0.29) is 29.8 Å². The first-order valence-electron chi connectivity index (χ1n) is 12.0. The number of benzene rings is 1. The number of ether oxygens (including phenoxy) is 1. The molecule has 180 valence electrons. The summed E-state index contributed by atoms with van der Waals surface area (Å²) in [5.41, 5.74) is 7.81. The molecule has 0 atom stereocenters. The van der Waals surface area contributed by atoms with Crippen molar-refractivity contribution in [3.8, 4) is 0 Å². The lowest BCUT2D eigenvalue weighted by molar-refractivity contribution is -0.132. The van der Waals surface area contributed by atoms with Gasteiger partial charge in [-0.05, 0) is 63.1 Å². The molecule has 0 radical (unpaired) electrons. The van der Waals surface area contributed by atoms with Crippen LogP contribution in [0.25, 0.3) is 0 Å². The Morgan fingerprint density at radius 2 is 1.76 bits per heavy atom. The quantitative estimate of drug-likeness (QED) is 0.625. The Hall–Kier alpha value is -2.81. The molecule has 33 heavy (non-hydrogen) atoms. The van der Waals surface area contributed by atoms with Crippen LogP contribution in [0, 0.1) is 5.92 Å². The van der Waals surface area contributed by atoms with Gasteiger partial charge in [-0.15, -0.1) is 0 Å². The molecule has 4 rings (SSSR count). The number of anilines is 2. The van der Waals surface area contributed by atoms with Crippen LogP contribution < -0.4 is 21.3 Å². The second-order valence-corrected chi connectivity index (χ2v) is 9.37. The molecule has 2 saturated carbocycles. The molecule has 1 aliphatic heterocycles. The van der Waals surface area contributed by atoms with Crippen LogP contribution in [0.2, 0.25) is 0 Å². The zero-order valence-corrected chi connectivity index (χ0v) is 19.3. The molecule has 0 spiro atoms. The Bertz CT molecular complexity index is 880. The number of carbonyl (C=O) groups excluding carboxylic acids is 3. The topological polar surface area (TPSA) is 117 Å². The first-order valence-corrected chi connectivity index (χ1v) is 12.0. The van der Waals surface area contributed by atoms with E-state index in [4.69, 9.17) is 10.5 Å². The molecule has 1 saturated heterocycles. The van der Waals surface area contributed by atoms with Gasteiger partial charge in [0, 0.05) is 49.7 Å². The molecule has 4 N–H and O–H groups in total. The van der Waals surface area contributed by atoms with Gasteiger partial charge >= 0.3 is 6.09 Å². The summed E-state index contributed by atoms with van der Waals surface area (Å²) in [7, 11) is 1.31. The van der Waals surface area contributed by atoms with Gasteiger partial charge in [-0.1, -0.05) is 0 Å². The highest BCUT2D eigenvalue weighted by Gasteiger charge is 2.34. The zero-order valence-electron chi connectivity index (χ0n) is 19.3. The zero-order chi connectivity index (χ0) is 23.4. The molecule has 3 aliphatic rings. The number of rotatable bonds is 5. The van der Waals surface area contributed by atoms with Crippen LogP contribution in [0.4, 0.5) is 16.2 Å². The number of nitrogens with two attached hydrogens (primary N) is 1. The van der Waals surface area contributed by atoms with E-state index < -0.39 is 6.09 Å². The normalized spacial score (nSPS) is 23.5. The number of amides is 3. The largest absolute Gasteiger partial charge is 0.453 e. The lowest BCUT2D eigenvalue weighted by Crippen LogP contribution is -2.40. The summed E-state index contributed by atoms with van der Waals surface area (Å²) in [6.45, 7) is 2.83. The molecule has 9 nitrogen and oxygen atoms in total. The third-order valence-electron chi connectivity index (χ3n) is 6.86. The minimum atomic E-state index is -0.588. The van der Waals surface area contributed by atoms with Crippen molar-refractivity contribution in [2.75, 3.05) is 43.5 Å². The molecule has 0 bridgehead atoms. The van der Waals surface area contributed by atoms with Gasteiger partial charge in [0.15, 0.2) is 0 Å². The van der Waals surface area contributed by atoms with E-state index in [0.29, 0.717) is 24.3 Å². The second-order valence-electron chi connectivity index (χ2n) is 9.37. The molecule has 2 aliphatic carbocycles. The number of nitrogens with zero attached hydrogens (tertiary/aromatic N) is 2. The Kier molecular flexibility index (Phi) is 7.37. The number of carbonyl (C=O) groups is 3. The Balaban J connectivity index is 1.47. The van der Waals surface area contributed by atoms with Gasteiger partial charge in [0.2, 0.25) is 5.91 Å². The van der Waals surface area contributed by atoms with E-state index in [9.17, 15) is 14.4 Å². The Morgan fingerprint density at radius 1 is 1.00 bits per heavy atom. The third-order valence-corrected chi connectivity index (χ3v) is 6.86. The maximum Gasteiger partial charge on any atom is 0.411 e. The van der Waals surface area contributed by atoms with Crippen LogP contribution in [-0.4, -0.2) is 68.2 Å². The monoisotopic (exact) mass is 457 g/mol. The highest BCUT2D eigenvalue weighted by molar-refractivity contribution is 5.98. The summed E-state index contributed by atoms with van der Waals surface area (Å²) < 4.78 is 4.80. The second kappa shape index (κ2) is 10.4. The van der Waals surface area contributed by atoms with Gasteiger partial charge in [-0.3, -0.25) is 14.9 Å². The van der Waals surface area contributed by atoms with E-state index >= 15 is 0 Å².